The van der Waals surface area contributed by atoms with Gasteiger partial charge in [0.15, 0.2) is 5.75 Å². The summed E-state index contributed by atoms with van der Waals surface area (Å²) in [4.78, 5) is 40.8. The molecular weight excluding hydrogens is 670 g/mol. The number of nitrogens with one attached hydrogen (secondary N) is 2. The van der Waals surface area contributed by atoms with Gasteiger partial charge in [-0.05, 0) is 68.3 Å². The van der Waals surface area contributed by atoms with E-state index in [0.717, 1.165) is 0 Å². The molecule has 0 spiro atoms. The second-order valence-corrected chi connectivity index (χ2v) is 14.8. The molecule has 1 heterocycles. The van der Waals surface area contributed by atoms with Crippen molar-refractivity contribution in [3.63, 3.8) is 0 Å². The van der Waals surface area contributed by atoms with Gasteiger partial charge >= 0.3 is 0 Å². The van der Waals surface area contributed by atoms with Crippen molar-refractivity contribution in [1.29, 1.82) is 0 Å². The van der Waals surface area contributed by atoms with E-state index < -0.39 is 22.2 Å². The van der Waals surface area contributed by atoms with Crippen LogP contribution in [0.1, 0.15) is 56.3 Å². The van der Waals surface area contributed by atoms with Crippen molar-refractivity contribution in [1.82, 2.24) is 9.21 Å². The molecule has 0 saturated carbocycles. The molecule has 0 fully saturated rings. The predicted molar refractivity (Wildman–Crippen MR) is 190 cm³/mol. The molecule has 49 heavy (non-hydrogen) atoms. The molecule has 0 saturated heterocycles. The quantitative estimate of drug-likeness (QED) is 0.134. The fourth-order valence-corrected chi connectivity index (χ4v) is 6.79. The third kappa shape index (κ3) is 9.72. The summed E-state index contributed by atoms with van der Waals surface area (Å²) in [5.41, 5.74) is 7.39. The first-order valence-corrected chi connectivity index (χ1v) is 18.0. The van der Waals surface area contributed by atoms with E-state index in [0.29, 0.717) is 35.7 Å². The molecule has 12 nitrogen and oxygen atoms in total. The molecule has 1 aliphatic heterocycles. The van der Waals surface area contributed by atoms with Crippen molar-refractivity contribution in [3.05, 3.63) is 77.3 Å². The molecule has 3 amide bonds. The maximum absolute atomic E-state index is 13.8. The number of aliphatic hydroxyl groups is 1. The summed E-state index contributed by atoms with van der Waals surface area (Å²) in [5, 5.41) is 16.0. The Hall–Kier alpha value is -4.17. The number of anilines is 3. The number of amides is 3. The van der Waals surface area contributed by atoms with E-state index in [1.54, 1.807) is 54.3 Å². The zero-order valence-electron chi connectivity index (χ0n) is 27.9. The van der Waals surface area contributed by atoms with Crippen LogP contribution < -0.4 is 21.1 Å². The maximum atomic E-state index is 13.8. The lowest BCUT2D eigenvalue weighted by atomic mass is 9.99. The summed E-state index contributed by atoms with van der Waals surface area (Å²) in [6.45, 7) is 3.44. The van der Waals surface area contributed by atoms with Crippen LogP contribution in [0.3, 0.4) is 0 Å². The minimum atomic E-state index is -3.92. The lowest BCUT2D eigenvalue weighted by Crippen LogP contribution is -2.50. The van der Waals surface area contributed by atoms with Crippen molar-refractivity contribution < 1.29 is 32.6 Å². The summed E-state index contributed by atoms with van der Waals surface area (Å²) >= 11 is 5.97. The van der Waals surface area contributed by atoms with Gasteiger partial charge in [-0.3, -0.25) is 14.4 Å². The SMILES string of the molecule is C[C@H]1CN([C@@H](C)CO)C(=O)c2cccc(NC(=O)CCCCCC(=O)Nc3ccccc3N)c2O[C@@H]1CN(C)S(=O)(=O)c1ccc(Cl)cc1. The van der Waals surface area contributed by atoms with E-state index in [1.807, 2.05) is 6.92 Å². The highest BCUT2D eigenvalue weighted by atomic mass is 35.5. The smallest absolute Gasteiger partial charge is 0.258 e. The van der Waals surface area contributed by atoms with Crippen LogP contribution in [0.5, 0.6) is 5.75 Å². The van der Waals surface area contributed by atoms with Crippen LogP contribution in [0.2, 0.25) is 5.02 Å². The number of nitrogens with two attached hydrogens (primary N) is 1. The predicted octanol–water partition coefficient (Wildman–Crippen LogP) is 4.99. The maximum Gasteiger partial charge on any atom is 0.258 e. The van der Waals surface area contributed by atoms with Gasteiger partial charge in [0.05, 0.1) is 46.7 Å². The number of sulfonamides is 1. The highest BCUT2D eigenvalue weighted by Crippen LogP contribution is 2.35. The van der Waals surface area contributed by atoms with Crippen molar-refractivity contribution in [2.75, 3.05) is 43.1 Å². The number of halogens is 1. The van der Waals surface area contributed by atoms with Gasteiger partial charge in [-0.2, -0.15) is 4.31 Å². The zero-order valence-corrected chi connectivity index (χ0v) is 29.5. The Balaban J connectivity index is 1.46. The first kappa shape index (κ1) is 37.6. The van der Waals surface area contributed by atoms with E-state index in [2.05, 4.69) is 10.6 Å². The molecule has 1 aliphatic rings. The molecule has 0 radical (unpaired) electrons. The van der Waals surface area contributed by atoms with E-state index in [4.69, 9.17) is 22.1 Å². The molecule has 0 bridgehead atoms. The van der Waals surface area contributed by atoms with Crippen LogP contribution in [0.4, 0.5) is 17.1 Å². The van der Waals surface area contributed by atoms with Gasteiger partial charge in [0.1, 0.15) is 6.10 Å². The van der Waals surface area contributed by atoms with E-state index in [9.17, 15) is 27.9 Å². The molecule has 0 aromatic heterocycles. The number of fused-ring (bicyclic) bond motifs is 1. The number of rotatable bonds is 14. The van der Waals surface area contributed by atoms with Gasteiger partial charge in [0.2, 0.25) is 21.8 Å². The van der Waals surface area contributed by atoms with Crippen molar-refractivity contribution in [2.45, 2.75) is 63.0 Å². The number of carbonyl (C=O) groups is 3. The lowest BCUT2D eigenvalue weighted by molar-refractivity contribution is -0.116. The third-order valence-corrected chi connectivity index (χ3v) is 10.6. The number of hydrogen-bond donors (Lipinski definition) is 4. The number of para-hydroxylation sites is 3. The number of hydrogen-bond acceptors (Lipinski definition) is 8. The Labute approximate surface area is 292 Å². The van der Waals surface area contributed by atoms with Gasteiger partial charge < -0.3 is 31.1 Å². The third-order valence-electron chi connectivity index (χ3n) is 8.47. The van der Waals surface area contributed by atoms with Crippen LogP contribution in [0, 0.1) is 5.92 Å². The average molecular weight is 714 g/mol. The topological polar surface area (TPSA) is 171 Å². The Kier molecular flexibility index (Phi) is 13.0. The van der Waals surface area contributed by atoms with Crippen LogP contribution in [0.15, 0.2) is 71.6 Å². The Bertz CT molecular complexity index is 1740. The standard InChI is InChI=1S/C35H44ClN5O7S/c1-23-20-41(24(2)22-42)35(45)27-10-9-13-30(34(27)48-31(23)21-40(3)49(46,47)26-18-16-25(36)17-19-26)39-33(44)15-6-4-5-14-32(43)38-29-12-8-7-11-28(29)37/h7-13,16-19,23-24,31,42H,4-6,14-15,20-22,37H2,1-3H3,(H,38,43)(H,39,44)/t23-,24-,31+/m0/s1. The number of ether oxygens (including phenoxy) is 1. The molecule has 5 N–H and O–H groups in total. The minimum absolute atomic E-state index is 0.0617. The Morgan fingerprint density at radius 2 is 1.61 bits per heavy atom. The summed E-state index contributed by atoms with van der Waals surface area (Å²) in [7, 11) is -2.46. The molecular formula is C35H44ClN5O7S. The second-order valence-electron chi connectivity index (χ2n) is 12.3. The highest BCUT2D eigenvalue weighted by molar-refractivity contribution is 7.89. The number of carbonyl (C=O) groups excluding carboxylic acids is 3. The van der Waals surface area contributed by atoms with Gasteiger partial charge in [-0.15, -0.1) is 0 Å². The number of nitrogen functional groups attached to an aromatic ring is 1. The number of unbranched alkanes of at least 4 members (excludes halogenated alkanes) is 2. The minimum Gasteiger partial charge on any atom is -0.486 e. The van der Waals surface area contributed by atoms with Gasteiger partial charge in [-0.25, -0.2) is 8.42 Å². The van der Waals surface area contributed by atoms with Crippen molar-refractivity contribution >= 4 is 56.4 Å². The number of nitrogens with zero attached hydrogens (tertiary/aromatic N) is 2. The largest absolute Gasteiger partial charge is 0.486 e. The number of aliphatic hydroxyl groups excluding tert-OH is 1. The highest BCUT2D eigenvalue weighted by Gasteiger charge is 2.36. The average Bonchev–Trinajstić information content (AvgIpc) is 3.07. The van der Waals surface area contributed by atoms with Crippen LogP contribution in [-0.4, -0.2) is 79.3 Å². The summed E-state index contributed by atoms with van der Waals surface area (Å²) in [6.07, 6.45) is 1.45. The molecule has 3 aromatic rings. The van der Waals surface area contributed by atoms with Crippen LogP contribution in [-0.2, 0) is 19.6 Å². The molecule has 3 aromatic carbocycles. The van der Waals surface area contributed by atoms with Gasteiger partial charge in [0.25, 0.3) is 5.91 Å². The number of benzene rings is 3. The van der Waals surface area contributed by atoms with Gasteiger partial charge in [-0.1, -0.05) is 43.1 Å². The summed E-state index contributed by atoms with van der Waals surface area (Å²) < 4.78 is 34.5. The van der Waals surface area contributed by atoms with Crippen molar-refractivity contribution in [3.8, 4) is 5.75 Å². The molecule has 264 valence electrons. The first-order chi connectivity index (χ1) is 23.3. The fraction of sp³-hybridized carbons (Fsp3) is 0.400. The molecule has 14 heteroatoms. The van der Waals surface area contributed by atoms with E-state index in [1.165, 1.54) is 35.6 Å². The molecule has 0 aliphatic carbocycles. The Morgan fingerprint density at radius 3 is 2.24 bits per heavy atom. The Morgan fingerprint density at radius 1 is 1.00 bits per heavy atom. The van der Waals surface area contributed by atoms with E-state index >= 15 is 0 Å². The van der Waals surface area contributed by atoms with Crippen LogP contribution in [0.25, 0.3) is 0 Å². The summed E-state index contributed by atoms with van der Waals surface area (Å²) in [5.74, 6) is -1.08. The zero-order chi connectivity index (χ0) is 35.7. The van der Waals surface area contributed by atoms with E-state index in [-0.39, 0.29) is 78.1 Å². The normalized spacial score (nSPS) is 17.0. The van der Waals surface area contributed by atoms with Gasteiger partial charge in [0, 0.05) is 37.4 Å². The first-order valence-electron chi connectivity index (χ1n) is 16.2. The molecule has 0 unspecified atom stereocenters. The van der Waals surface area contributed by atoms with Crippen LogP contribution >= 0.6 is 11.6 Å². The van der Waals surface area contributed by atoms with Crippen molar-refractivity contribution in [2.24, 2.45) is 5.92 Å². The lowest BCUT2D eigenvalue weighted by Gasteiger charge is -2.38. The fourth-order valence-electron chi connectivity index (χ4n) is 5.48. The molecule has 3 atom stereocenters. The second kappa shape index (κ2) is 17.0. The monoisotopic (exact) mass is 713 g/mol. The summed E-state index contributed by atoms with van der Waals surface area (Å²) in [6, 6.07) is 17.2. The molecule has 4 rings (SSSR count). The number of likely N-dealkylation sites (N-methyl/N-ethyl adjacent to an activating group) is 1.